The van der Waals surface area contributed by atoms with Gasteiger partial charge in [-0.05, 0) is 39.7 Å². The summed E-state index contributed by atoms with van der Waals surface area (Å²) in [7, 11) is 0. The van der Waals surface area contributed by atoms with E-state index in [1.807, 2.05) is 24.3 Å². The molecule has 2 aromatic carbocycles. The number of hydrogen-bond acceptors (Lipinski definition) is 3. The van der Waals surface area contributed by atoms with Gasteiger partial charge in [-0.1, -0.05) is 38.1 Å². The van der Waals surface area contributed by atoms with Gasteiger partial charge in [-0.3, -0.25) is 0 Å². The van der Waals surface area contributed by atoms with Crippen molar-refractivity contribution in [2.75, 3.05) is 0 Å². The molecule has 2 N–H and O–H groups in total. The maximum absolute atomic E-state index is 9.30. The highest BCUT2D eigenvalue weighted by Crippen LogP contribution is 2.30. The van der Waals surface area contributed by atoms with Crippen molar-refractivity contribution >= 4 is 15.9 Å². The SMILES string of the molecule is CC(C)NCc1cccc(Br)c1OCc1ccc(O)cc1. The number of hydrogen-bond donors (Lipinski definition) is 2. The lowest BCUT2D eigenvalue weighted by Gasteiger charge is -2.15. The molecule has 0 atom stereocenters. The topological polar surface area (TPSA) is 41.5 Å². The fraction of sp³-hybridized carbons (Fsp3) is 0.294. The van der Waals surface area contributed by atoms with E-state index in [0.29, 0.717) is 12.6 Å². The summed E-state index contributed by atoms with van der Waals surface area (Å²) >= 11 is 3.55. The first kappa shape index (κ1) is 15.9. The molecular weight excluding hydrogens is 330 g/mol. The first-order valence-electron chi connectivity index (χ1n) is 6.97. The zero-order valence-electron chi connectivity index (χ0n) is 12.3. The van der Waals surface area contributed by atoms with Gasteiger partial charge in [-0.2, -0.15) is 0 Å². The summed E-state index contributed by atoms with van der Waals surface area (Å²) in [6.07, 6.45) is 0. The number of benzene rings is 2. The van der Waals surface area contributed by atoms with E-state index in [1.54, 1.807) is 12.1 Å². The van der Waals surface area contributed by atoms with Crippen LogP contribution >= 0.6 is 15.9 Å². The molecule has 0 fully saturated rings. The molecule has 0 saturated heterocycles. The van der Waals surface area contributed by atoms with Crippen LogP contribution in [-0.4, -0.2) is 11.1 Å². The van der Waals surface area contributed by atoms with Crippen molar-refractivity contribution < 1.29 is 9.84 Å². The molecule has 0 spiro atoms. The average molecular weight is 350 g/mol. The Bertz CT molecular complexity index is 582. The van der Waals surface area contributed by atoms with Crippen LogP contribution in [0.25, 0.3) is 0 Å². The third-order valence-corrected chi connectivity index (χ3v) is 3.69. The molecule has 21 heavy (non-hydrogen) atoms. The molecule has 2 rings (SSSR count). The van der Waals surface area contributed by atoms with Crippen LogP contribution in [0.5, 0.6) is 11.5 Å². The highest BCUT2D eigenvalue weighted by molar-refractivity contribution is 9.10. The van der Waals surface area contributed by atoms with Gasteiger partial charge in [0.05, 0.1) is 4.47 Å². The largest absolute Gasteiger partial charge is 0.508 e. The van der Waals surface area contributed by atoms with E-state index in [2.05, 4.69) is 41.2 Å². The lowest BCUT2D eigenvalue weighted by molar-refractivity contribution is 0.299. The highest BCUT2D eigenvalue weighted by Gasteiger charge is 2.09. The molecule has 2 aromatic rings. The van der Waals surface area contributed by atoms with Gasteiger partial charge in [-0.15, -0.1) is 0 Å². The van der Waals surface area contributed by atoms with Crippen molar-refractivity contribution in [2.45, 2.75) is 33.0 Å². The van der Waals surface area contributed by atoms with Gasteiger partial charge in [0.1, 0.15) is 18.1 Å². The molecule has 0 amide bonds. The fourth-order valence-electron chi connectivity index (χ4n) is 1.92. The number of halogens is 1. The van der Waals surface area contributed by atoms with Crippen molar-refractivity contribution in [3.63, 3.8) is 0 Å². The van der Waals surface area contributed by atoms with Gasteiger partial charge in [0, 0.05) is 18.2 Å². The normalized spacial score (nSPS) is 10.9. The van der Waals surface area contributed by atoms with Crippen molar-refractivity contribution in [3.8, 4) is 11.5 Å². The monoisotopic (exact) mass is 349 g/mol. The Hall–Kier alpha value is -1.52. The summed E-state index contributed by atoms with van der Waals surface area (Å²) < 4.78 is 6.91. The summed E-state index contributed by atoms with van der Waals surface area (Å²) in [5.41, 5.74) is 2.14. The molecule has 112 valence electrons. The van der Waals surface area contributed by atoms with E-state index in [0.717, 1.165) is 27.9 Å². The molecule has 0 bridgehead atoms. The van der Waals surface area contributed by atoms with E-state index in [4.69, 9.17) is 4.74 Å². The Kier molecular flexibility index (Phi) is 5.65. The van der Waals surface area contributed by atoms with Crippen LogP contribution in [0.1, 0.15) is 25.0 Å². The van der Waals surface area contributed by atoms with Gasteiger partial charge >= 0.3 is 0 Å². The molecule has 0 heterocycles. The van der Waals surface area contributed by atoms with E-state index < -0.39 is 0 Å². The minimum Gasteiger partial charge on any atom is -0.508 e. The van der Waals surface area contributed by atoms with E-state index >= 15 is 0 Å². The molecular formula is C17H20BrNO2. The van der Waals surface area contributed by atoms with Gasteiger partial charge in [0.2, 0.25) is 0 Å². The molecule has 0 aliphatic heterocycles. The molecule has 4 heteroatoms. The molecule has 0 aromatic heterocycles. The molecule has 0 radical (unpaired) electrons. The predicted molar refractivity (Wildman–Crippen MR) is 88.6 cm³/mol. The second-order valence-corrected chi connectivity index (χ2v) is 6.07. The third kappa shape index (κ3) is 4.76. The fourth-order valence-corrected chi connectivity index (χ4v) is 2.44. The number of phenolic OH excluding ortho intramolecular Hbond substituents is 1. The van der Waals surface area contributed by atoms with Crippen molar-refractivity contribution in [3.05, 3.63) is 58.1 Å². The smallest absolute Gasteiger partial charge is 0.138 e. The number of rotatable bonds is 6. The summed E-state index contributed by atoms with van der Waals surface area (Å²) in [5, 5.41) is 12.7. The van der Waals surface area contributed by atoms with Crippen molar-refractivity contribution in [1.82, 2.24) is 5.32 Å². The number of para-hydroxylation sites is 1. The first-order valence-corrected chi connectivity index (χ1v) is 7.77. The van der Waals surface area contributed by atoms with Crippen LogP contribution in [-0.2, 0) is 13.2 Å². The van der Waals surface area contributed by atoms with Gasteiger partial charge in [0.15, 0.2) is 0 Å². The Morgan fingerprint density at radius 1 is 1.14 bits per heavy atom. The van der Waals surface area contributed by atoms with Crippen molar-refractivity contribution in [2.24, 2.45) is 0 Å². The molecule has 3 nitrogen and oxygen atoms in total. The number of nitrogens with one attached hydrogen (secondary N) is 1. The predicted octanol–water partition coefficient (Wildman–Crippen LogP) is 4.23. The number of ether oxygens (including phenoxy) is 1. The zero-order valence-corrected chi connectivity index (χ0v) is 13.9. The van der Waals surface area contributed by atoms with Crippen LogP contribution < -0.4 is 10.1 Å². The lowest BCUT2D eigenvalue weighted by Crippen LogP contribution is -2.22. The summed E-state index contributed by atoms with van der Waals surface area (Å²) in [5.74, 6) is 1.13. The van der Waals surface area contributed by atoms with E-state index in [9.17, 15) is 5.11 Å². The Balaban J connectivity index is 2.09. The Morgan fingerprint density at radius 3 is 2.52 bits per heavy atom. The molecule has 0 saturated carbocycles. The third-order valence-electron chi connectivity index (χ3n) is 3.07. The summed E-state index contributed by atoms with van der Waals surface area (Å²) in [6, 6.07) is 13.5. The number of phenols is 1. The van der Waals surface area contributed by atoms with E-state index in [1.165, 1.54) is 0 Å². The first-order chi connectivity index (χ1) is 10.1. The van der Waals surface area contributed by atoms with E-state index in [-0.39, 0.29) is 5.75 Å². The van der Waals surface area contributed by atoms with Gasteiger partial charge in [-0.25, -0.2) is 0 Å². The van der Waals surface area contributed by atoms with Crippen LogP contribution in [0, 0.1) is 0 Å². The molecule has 0 aliphatic rings. The van der Waals surface area contributed by atoms with Crippen LogP contribution in [0.2, 0.25) is 0 Å². The standard InChI is InChI=1S/C17H20BrNO2/c1-12(2)19-10-14-4-3-5-16(18)17(14)21-11-13-6-8-15(20)9-7-13/h3-9,12,19-20H,10-11H2,1-2H3. The highest BCUT2D eigenvalue weighted by atomic mass is 79.9. The van der Waals surface area contributed by atoms with Crippen LogP contribution in [0.15, 0.2) is 46.9 Å². The maximum atomic E-state index is 9.30. The molecule has 0 unspecified atom stereocenters. The average Bonchev–Trinajstić information content (AvgIpc) is 2.46. The second-order valence-electron chi connectivity index (χ2n) is 5.22. The van der Waals surface area contributed by atoms with Crippen LogP contribution in [0.4, 0.5) is 0 Å². The Labute approximate surface area is 134 Å². The van der Waals surface area contributed by atoms with Crippen LogP contribution in [0.3, 0.4) is 0 Å². The minimum absolute atomic E-state index is 0.265. The lowest BCUT2D eigenvalue weighted by atomic mass is 10.2. The summed E-state index contributed by atoms with van der Waals surface area (Å²) in [6.45, 7) is 5.48. The maximum Gasteiger partial charge on any atom is 0.138 e. The Morgan fingerprint density at radius 2 is 1.86 bits per heavy atom. The van der Waals surface area contributed by atoms with Gasteiger partial charge in [0.25, 0.3) is 0 Å². The minimum atomic E-state index is 0.265. The second kappa shape index (κ2) is 7.48. The number of aromatic hydroxyl groups is 1. The molecule has 0 aliphatic carbocycles. The van der Waals surface area contributed by atoms with Crippen molar-refractivity contribution in [1.29, 1.82) is 0 Å². The summed E-state index contributed by atoms with van der Waals surface area (Å²) in [4.78, 5) is 0. The van der Waals surface area contributed by atoms with Gasteiger partial charge < -0.3 is 15.2 Å². The zero-order chi connectivity index (χ0) is 15.2. The quantitative estimate of drug-likeness (QED) is 0.819.